The van der Waals surface area contributed by atoms with E-state index in [4.69, 9.17) is 60.0 Å². The summed E-state index contributed by atoms with van der Waals surface area (Å²) < 4.78 is 0. The van der Waals surface area contributed by atoms with Gasteiger partial charge in [0.25, 0.3) is 0 Å². The molecule has 0 amide bonds. The van der Waals surface area contributed by atoms with Gasteiger partial charge in [-0.05, 0) is 0 Å². The number of carboxylic acid groups (broad SMARTS) is 8. The van der Waals surface area contributed by atoms with Crippen molar-refractivity contribution >= 4 is 24.6 Å². The Kier molecular flexibility index (Phi) is 81.3. The SMILES string of the molecule is O=C(O)O.O=C([O-])O.O=C([O-])O.O=C([O-])O.[Na+].[Na+].[Na+]. The Morgan fingerprint density at radius 3 is 0.526 bits per heavy atom. The zero-order chi connectivity index (χ0) is 14.3. The molecule has 0 radical (unpaired) electrons. The van der Waals surface area contributed by atoms with Crippen molar-refractivity contribution in [2.24, 2.45) is 0 Å². The molecule has 0 saturated carbocycles. The molecule has 19 heavy (non-hydrogen) atoms. The minimum Gasteiger partial charge on any atom is -0.565 e. The zero-order valence-corrected chi connectivity index (χ0v) is 16.1. The normalized spacial score (nSPS) is 5.05. The Morgan fingerprint density at radius 1 is 0.526 bits per heavy atom. The molecule has 0 aliphatic heterocycles. The van der Waals surface area contributed by atoms with Gasteiger partial charge in [0.1, 0.15) is 0 Å². The predicted molar refractivity (Wildman–Crippen MR) is 34.7 cm³/mol. The van der Waals surface area contributed by atoms with Gasteiger partial charge in [-0.2, -0.15) is 0 Å². The fourth-order valence-electron chi connectivity index (χ4n) is 0. The first-order valence-electron chi connectivity index (χ1n) is 2.55. The van der Waals surface area contributed by atoms with Gasteiger partial charge in [0.15, 0.2) is 0 Å². The summed E-state index contributed by atoms with van der Waals surface area (Å²) in [6.45, 7) is 0. The second kappa shape index (κ2) is 36.1. The topological polar surface area (TPSA) is 239 Å². The van der Waals surface area contributed by atoms with E-state index in [1.165, 1.54) is 0 Å². The third-order valence-corrected chi connectivity index (χ3v) is 0. The third kappa shape index (κ3) is 730000. The summed E-state index contributed by atoms with van der Waals surface area (Å²) in [4.78, 5) is 33.9. The molecule has 0 atom stereocenters. The van der Waals surface area contributed by atoms with Crippen molar-refractivity contribution < 1.29 is 149 Å². The quantitative estimate of drug-likeness (QED) is 0.262. The molecule has 5 N–H and O–H groups in total. The first-order valence-corrected chi connectivity index (χ1v) is 2.55. The second-order valence-corrected chi connectivity index (χ2v) is 1.08. The first kappa shape index (κ1) is 42.7. The van der Waals surface area contributed by atoms with Crippen LogP contribution in [-0.2, 0) is 0 Å². The summed E-state index contributed by atoms with van der Waals surface area (Å²) in [5.74, 6) is 0. The van der Waals surface area contributed by atoms with Crippen molar-refractivity contribution in [3.63, 3.8) is 0 Å². The van der Waals surface area contributed by atoms with Crippen LogP contribution in [0.1, 0.15) is 0 Å². The van der Waals surface area contributed by atoms with Crippen LogP contribution in [0.4, 0.5) is 19.2 Å². The van der Waals surface area contributed by atoms with Gasteiger partial charge in [-0.1, -0.05) is 0 Å². The number of hydrogen-bond donors (Lipinski definition) is 5. The summed E-state index contributed by atoms with van der Waals surface area (Å²) in [5, 5.41) is 59.9. The molecule has 0 bridgehead atoms. The standard InChI is InChI=1S/4CH2O3.3Na/c4*2-1(3)4;;;/h4*(H2,2,3,4);;;/q;;;;3*+1/p-3. The van der Waals surface area contributed by atoms with Gasteiger partial charge >= 0.3 is 94.8 Å². The Morgan fingerprint density at radius 2 is 0.526 bits per heavy atom. The van der Waals surface area contributed by atoms with Gasteiger partial charge in [-0.3, -0.25) is 0 Å². The van der Waals surface area contributed by atoms with E-state index in [-0.39, 0.29) is 88.7 Å². The van der Waals surface area contributed by atoms with Crippen LogP contribution in [0.2, 0.25) is 0 Å². The van der Waals surface area contributed by atoms with Gasteiger partial charge in [0, 0.05) is 0 Å². The van der Waals surface area contributed by atoms with E-state index in [1.807, 2.05) is 0 Å². The van der Waals surface area contributed by atoms with Crippen LogP contribution in [-0.4, -0.2) is 50.2 Å². The molecule has 15 heteroatoms. The largest absolute Gasteiger partial charge is 1.00 e. The molecule has 0 spiro atoms. The summed E-state index contributed by atoms with van der Waals surface area (Å²) in [6.07, 6.45) is -8.08. The van der Waals surface area contributed by atoms with Crippen LogP contribution < -0.4 is 104 Å². The maximum Gasteiger partial charge on any atom is 1.00 e. The molecule has 0 aromatic rings. The molecule has 0 fully saturated rings. The smallest absolute Gasteiger partial charge is 0.565 e. The monoisotopic (exact) mass is 314 g/mol. The summed E-state index contributed by atoms with van der Waals surface area (Å²) >= 11 is 0. The van der Waals surface area contributed by atoms with Crippen molar-refractivity contribution in [2.75, 3.05) is 0 Å². The molecule has 0 heterocycles. The van der Waals surface area contributed by atoms with E-state index >= 15 is 0 Å². The fraction of sp³-hybridized carbons (Fsp3) is 0. The van der Waals surface area contributed by atoms with Gasteiger partial charge in [-0.25, -0.2) is 4.79 Å². The molecular formula is C4H5Na3O12. The first-order chi connectivity index (χ1) is 6.93. The molecule has 96 valence electrons. The minimum absolute atomic E-state index is 0. The molecule has 0 aliphatic rings. The minimum atomic E-state index is -2.08. The van der Waals surface area contributed by atoms with Crippen LogP contribution in [0.25, 0.3) is 0 Å². The van der Waals surface area contributed by atoms with Crippen LogP contribution in [0.15, 0.2) is 0 Å². The van der Waals surface area contributed by atoms with E-state index in [1.54, 1.807) is 0 Å². The van der Waals surface area contributed by atoms with Crippen LogP contribution in [0, 0.1) is 0 Å². The average Bonchev–Trinajstić information content (AvgIpc) is 1.76. The van der Waals surface area contributed by atoms with Crippen molar-refractivity contribution in [3.05, 3.63) is 0 Å². The van der Waals surface area contributed by atoms with Gasteiger partial charge in [0.05, 0.1) is 0 Å². The third-order valence-electron chi connectivity index (χ3n) is 0. The number of hydrogen-bond acceptors (Lipinski definition) is 7. The fourth-order valence-corrected chi connectivity index (χ4v) is 0. The van der Waals surface area contributed by atoms with E-state index < -0.39 is 24.6 Å². The molecule has 12 nitrogen and oxygen atoms in total. The summed E-state index contributed by atoms with van der Waals surface area (Å²) in [6, 6.07) is 0. The van der Waals surface area contributed by atoms with Gasteiger partial charge in [0.2, 0.25) is 18.5 Å². The van der Waals surface area contributed by atoms with Crippen molar-refractivity contribution in [3.8, 4) is 0 Å². The Balaban J connectivity index is -0.0000000192. The van der Waals surface area contributed by atoms with Gasteiger partial charge in [-0.15, -0.1) is 0 Å². The van der Waals surface area contributed by atoms with E-state index in [9.17, 15) is 0 Å². The summed E-state index contributed by atoms with van der Waals surface area (Å²) in [7, 11) is 0. The second-order valence-electron chi connectivity index (χ2n) is 1.08. The average molecular weight is 314 g/mol. The zero-order valence-electron chi connectivity index (χ0n) is 10.1. The predicted octanol–water partition coefficient (Wildman–Crippen LogP) is -12.1. The maximum atomic E-state index is 8.56. The van der Waals surface area contributed by atoms with E-state index in [0.717, 1.165) is 0 Å². The van der Waals surface area contributed by atoms with Crippen molar-refractivity contribution in [1.82, 2.24) is 0 Å². The Bertz CT molecular complexity index is 165. The van der Waals surface area contributed by atoms with E-state index in [2.05, 4.69) is 0 Å². The Hall–Kier alpha value is 0.0800. The molecular weight excluding hydrogens is 309 g/mol. The van der Waals surface area contributed by atoms with Crippen LogP contribution >= 0.6 is 0 Å². The maximum absolute atomic E-state index is 8.56. The Labute approximate surface area is 171 Å². The van der Waals surface area contributed by atoms with Crippen LogP contribution in [0.3, 0.4) is 0 Å². The van der Waals surface area contributed by atoms with Crippen molar-refractivity contribution in [1.29, 1.82) is 0 Å². The molecule has 0 aromatic heterocycles. The number of rotatable bonds is 0. The molecule has 0 aliphatic carbocycles. The van der Waals surface area contributed by atoms with Gasteiger partial charge < -0.3 is 55.2 Å². The van der Waals surface area contributed by atoms with Crippen molar-refractivity contribution in [2.45, 2.75) is 0 Å². The summed E-state index contributed by atoms with van der Waals surface area (Å²) in [5.41, 5.74) is 0. The van der Waals surface area contributed by atoms with Crippen LogP contribution in [0.5, 0.6) is 0 Å². The molecule has 0 saturated heterocycles. The number of carbonyl (C=O) groups is 4. The molecule has 0 unspecified atom stereocenters. The van der Waals surface area contributed by atoms with E-state index in [0.29, 0.717) is 0 Å². The molecule has 0 rings (SSSR count). The molecule has 0 aromatic carbocycles.